The number of amides is 1. The second-order valence-corrected chi connectivity index (χ2v) is 9.86. The zero-order valence-electron chi connectivity index (χ0n) is 20.8. The normalized spacial score (nSPS) is 16.8. The number of pyridine rings is 1. The molecule has 4 N–H and O–H groups in total. The lowest BCUT2D eigenvalue weighted by molar-refractivity contribution is 0.0956. The highest BCUT2D eigenvalue weighted by atomic mass is 16.1. The Morgan fingerprint density at radius 3 is 2.69 bits per heavy atom. The van der Waals surface area contributed by atoms with Gasteiger partial charge in [0.2, 0.25) is 5.95 Å². The van der Waals surface area contributed by atoms with Gasteiger partial charge >= 0.3 is 0 Å². The molecule has 1 saturated carbocycles. The second kappa shape index (κ2) is 9.21. The average molecular weight is 483 g/mol. The number of benzene rings is 1. The van der Waals surface area contributed by atoms with Gasteiger partial charge in [0.15, 0.2) is 0 Å². The molecule has 0 radical (unpaired) electrons. The predicted molar refractivity (Wildman–Crippen MR) is 139 cm³/mol. The van der Waals surface area contributed by atoms with Crippen LogP contribution in [0.2, 0.25) is 0 Å². The van der Waals surface area contributed by atoms with Crippen molar-refractivity contribution in [2.24, 2.45) is 0 Å². The van der Waals surface area contributed by atoms with Gasteiger partial charge in [-0.25, -0.2) is 4.98 Å². The van der Waals surface area contributed by atoms with Gasteiger partial charge in [-0.1, -0.05) is 6.07 Å². The molecular formula is C27H30N8O. The highest BCUT2D eigenvalue weighted by Gasteiger charge is 2.46. The minimum atomic E-state index is -0.505. The molecule has 1 fully saturated rings. The van der Waals surface area contributed by atoms with Crippen molar-refractivity contribution in [2.45, 2.75) is 51.0 Å². The van der Waals surface area contributed by atoms with Crippen molar-refractivity contribution in [1.82, 2.24) is 25.6 Å². The first kappa shape index (κ1) is 23.7. The summed E-state index contributed by atoms with van der Waals surface area (Å²) in [5.74, 6) is 0.490. The summed E-state index contributed by atoms with van der Waals surface area (Å²) in [6.45, 7) is 7.65. The highest BCUT2D eigenvalue weighted by Crippen LogP contribution is 2.47. The Bertz CT molecular complexity index is 1360. The van der Waals surface area contributed by atoms with E-state index in [1.54, 1.807) is 12.3 Å². The summed E-state index contributed by atoms with van der Waals surface area (Å²) in [4.78, 5) is 26.2. The monoisotopic (exact) mass is 482 g/mol. The van der Waals surface area contributed by atoms with Gasteiger partial charge in [0, 0.05) is 35.9 Å². The van der Waals surface area contributed by atoms with Crippen LogP contribution in [-0.2, 0) is 17.4 Å². The summed E-state index contributed by atoms with van der Waals surface area (Å²) < 4.78 is 0. The Morgan fingerprint density at radius 1 is 1.14 bits per heavy atom. The fraction of sp³-hybridized carbons (Fsp3) is 0.370. The average Bonchev–Trinajstić information content (AvgIpc) is 3.66. The largest absolute Gasteiger partial charge is 0.352 e. The van der Waals surface area contributed by atoms with E-state index in [0.29, 0.717) is 29.6 Å². The molecule has 2 aromatic heterocycles. The number of hydrogen-bond acceptors (Lipinski definition) is 8. The van der Waals surface area contributed by atoms with E-state index < -0.39 is 5.41 Å². The number of aromatic nitrogens is 3. The number of anilines is 4. The predicted octanol–water partition coefficient (Wildman–Crippen LogP) is 4.04. The number of nitrogens with zero attached hydrogens (tertiary/aromatic N) is 4. The molecule has 1 aromatic carbocycles. The molecule has 0 spiro atoms. The highest BCUT2D eigenvalue weighted by molar-refractivity contribution is 5.99. The molecule has 1 amide bonds. The summed E-state index contributed by atoms with van der Waals surface area (Å²) in [7, 11) is 0. The minimum Gasteiger partial charge on any atom is -0.352 e. The molecule has 0 saturated heterocycles. The van der Waals surface area contributed by atoms with Gasteiger partial charge in [0.25, 0.3) is 5.91 Å². The third-order valence-electron chi connectivity index (χ3n) is 6.84. The molecule has 1 aliphatic heterocycles. The first-order valence-corrected chi connectivity index (χ1v) is 12.3. The molecule has 9 heteroatoms. The van der Waals surface area contributed by atoms with E-state index in [2.05, 4.69) is 68.3 Å². The molecule has 36 heavy (non-hydrogen) atoms. The minimum absolute atomic E-state index is 0.0675. The van der Waals surface area contributed by atoms with Gasteiger partial charge in [-0.2, -0.15) is 10.2 Å². The number of fused-ring (bicyclic) bond motifs is 1. The molecule has 1 aliphatic carbocycles. The van der Waals surface area contributed by atoms with E-state index in [9.17, 15) is 10.1 Å². The third kappa shape index (κ3) is 4.60. The van der Waals surface area contributed by atoms with Crippen LogP contribution in [0.4, 0.5) is 23.1 Å². The first-order valence-electron chi connectivity index (χ1n) is 12.3. The van der Waals surface area contributed by atoms with Crippen LogP contribution in [0.3, 0.4) is 0 Å². The van der Waals surface area contributed by atoms with E-state index in [4.69, 9.17) is 0 Å². The summed E-state index contributed by atoms with van der Waals surface area (Å²) in [6, 6.07) is 12.3. The zero-order valence-corrected chi connectivity index (χ0v) is 20.8. The van der Waals surface area contributed by atoms with Crippen LogP contribution >= 0.6 is 0 Å². The summed E-state index contributed by atoms with van der Waals surface area (Å²) in [5.41, 5.74) is 4.66. The third-order valence-corrected chi connectivity index (χ3v) is 6.84. The quantitative estimate of drug-likeness (QED) is 0.397. The van der Waals surface area contributed by atoms with Gasteiger partial charge in [-0.15, -0.1) is 0 Å². The Balaban J connectivity index is 1.44. The van der Waals surface area contributed by atoms with Crippen molar-refractivity contribution in [3.8, 4) is 6.07 Å². The van der Waals surface area contributed by atoms with Crippen molar-refractivity contribution < 1.29 is 4.79 Å². The van der Waals surface area contributed by atoms with Gasteiger partial charge in [-0.3, -0.25) is 9.78 Å². The SMILES string of the molecule is CCNC(=O)c1cnc(Nc2ccc3c(c2)CCNC3(C)C)nc1Nc1ccnc(C2(C#N)CC2)c1. The zero-order chi connectivity index (χ0) is 25.3. The summed E-state index contributed by atoms with van der Waals surface area (Å²) in [5, 5.41) is 22.5. The lowest BCUT2D eigenvalue weighted by Gasteiger charge is -2.34. The van der Waals surface area contributed by atoms with E-state index in [-0.39, 0.29) is 11.4 Å². The second-order valence-electron chi connectivity index (χ2n) is 9.86. The van der Waals surface area contributed by atoms with Crippen molar-refractivity contribution in [3.05, 3.63) is 65.1 Å². The molecule has 0 bridgehead atoms. The first-order chi connectivity index (χ1) is 17.3. The lowest BCUT2D eigenvalue weighted by atomic mass is 9.85. The number of carbonyl (C=O) groups excluding carboxylic acids is 1. The fourth-order valence-electron chi connectivity index (χ4n) is 4.64. The Morgan fingerprint density at radius 2 is 1.94 bits per heavy atom. The molecule has 9 nitrogen and oxygen atoms in total. The summed E-state index contributed by atoms with van der Waals surface area (Å²) >= 11 is 0. The molecule has 184 valence electrons. The number of rotatable bonds is 7. The van der Waals surface area contributed by atoms with Crippen molar-refractivity contribution in [2.75, 3.05) is 23.7 Å². The van der Waals surface area contributed by atoms with E-state index in [1.165, 1.54) is 17.3 Å². The topological polar surface area (TPSA) is 128 Å². The maximum absolute atomic E-state index is 12.7. The van der Waals surface area contributed by atoms with Gasteiger partial charge < -0.3 is 21.3 Å². The van der Waals surface area contributed by atoms with Gasteiger partial charge in [0.05, 0.1) is 17.2 Å². The van der Waals surface area contributed by atoms with Crippen LogP contribution in [-0.4, -0.2) is 33.9 Å². The Kier molecular flexibility index (Phi) is 6.06. The molecular weight excluding hydrogens is 452 g/mol. The Hall–Kier alpha value is -4.03. The standard InChI is InChI=1S/C27H30N8O/c1-4-29-24(36)20-15-31-25(34-18-5-6-21-17(13-18)7-12-32-26(21,2)3)35-23(20)33-19-8-11-30-22(14-19)27(16-28)9-10-27/h5-6,8,11,13-15,32H,4,7,9-10,12H2,1-3H3,(H,29,36)(H2,30,31,33,34,35). The maximum atomic E-state index is 12.7. The number of nitriles is 1. The van der Waals surface area contributed by atoms with Crippen LogP contribution in [0.15, 0.2) is 42.7 Å². The van der Waals surface area contributed by atoms with Crippen LogP contribution in [0.25, 0.3) is 0 Å². The van der Waals surface area contributed by atoms with Crippen molar-refractivity contribution in [3.63, 3.8) is 0 Å². The van der Waals surface area contributed by atoms with Gasteiger partial charge in [-0.05, 0) is 82.0 Å². The van der Waals surface area contributed by atoms with E-state index in [0.717, 1.165) is 37.2 Å². The van der Waals surface area contributed by atoms with Crippen LogP contribution < -0.4 is 21.3 Å². The fourth-order valence-corrected chi connectivity index (χ4v) is 4.64. The van der Waals surface area contributed by atoms with Crippen LogP contribution in [0, 0.1) is 11.3 Å². The smallest absolute Gasteiger partial charge is 0.256 e. The maximum Gasteiger partial charge on any atom is 0.256 e. The van der Waals surface area contributed by atoms with Crippen LogP contribution in [0.5, 0.6) is 0 Å². The number of carbonyl (C=O) groups is 1. The molecule has 3 heterocycles. The molecule has 5 rings (SSSR count). The molecule has 0 unspecified atom stereocenters. The van der Waals surface area contributed by atoms with Crippen LogP contribution in [0.1, 0.15) is 60.8 Å². The van der Waals surface area contributed by atoms with E-state index in [1.807, 2.05) is 19.1 Å². The van der Waals surface area contributed by atoms with Gasteiger partial charge in [0.1, 0.15) is 11.4 Å². The van der Waals surface area contributed by atoms with Crippen molar-refractivity contribution >= 4 is 29.0 Å². The lowest BCUT2D eigenvalue weighted by Crippen LogP contribution is -2.42. The Labute approximate surface area is 210 Å². The number of nitrogens with one attached hydrogen (secondary N) is 4. The molecule has 2 aliphatic rings. The van der Waals surface area contributed by atoms with Crippen molar-refractivity contribution in [1.29, 1.82) is 5.26 Å². The summed E-state index contributed by atoms with van der Waals surface area (Å²) in [6.07, 6.45) is 5.75. The molecule has 3 aromatic rings. The number of hydrogen-bond donors (Lipinski definition) is 4. The molecule has 0 atom stereocenters. The van der Waals surface area contributed by atoms with E-state index >= 15 is 0 Å².